The summed E-state index contributed by atoms with van der Waals surface area (Å²) in [6, 6.07) is 6.32. The topological polar surface area (TPSA) is 0 Å². The van der Waals surface area contributed by atoms with Crippen LogP contribution in [0.2, 0.25) is 0 Å². The molecular weight excluding hydrogens is 189 g/mol. The Hall–Kier alpha value is -0.490. The van der Waals surface area contributed by atoms with E-state index in [1.54, 1.807) is 19.1 Å². The highest BCUT2D eigenvalue weighted by molar-refractivity contribution is 7.17. The molecule has 1 rings (SSSR count). The van der Waals surface area contributed by atoms with Gasteiger partial charge in [-0.15, -0.1) is 0 Å². The zero-order valence-corrected chi connectivity index (χ0v) is 9.30. The van der Waals surface area contributed by atoms with Gasteiger partial charge in [0, 0.05) is 5.56 Å². The van der Waals surface area contributed by atoms with E-state index >= 15 is 0 Å². The minimum Gasteiger partial charge on any atom is -0.197 e. The average Bonchev–Trinajstić information content (AvgIpc) is 2.06. The number of halogens is 2. The van der Waals surface area contributed by atoms with E-state index < -0.39 is 5.66 Å². The lowest BCUT2D eigenvalue weighted by Crippen LogP contribution is -2.01. The van der Waals surface area contributed by atoms with Gasteiger partial charge in [-0.25, -0.2) is 0 Å². The first-order valence-corrected chi connectivity index (χ1v) is 4.82. The lowest BCUT2D eigenvalue weighted by Gasteiger charge is -2.09. The van der Waals surface area contributed by atoms with Crippen molar-refractivity contribution in [1.82, 2.24) is 0 Å². The molecule has 0 N–H and O–H groups in total. The number of hydrogen-bond donors (Lipinski definition) is 0. The summed E-state index contributed by atoms with van der Waals surface area (Å²) in [5, 5.41) is 0. The molecule has 0 bridgehead atoms. The maximum Gasteiger partial charge on any atom is 0.283 e. The fraction of sp³-hybridized carbons (Fsp3) is 0.400. The zero-order valence-electron chi connectivity index (χ0n) is 8.14. The summed E-state index contributed by atoms with van der Waals surface area (Å²) in [5.41, 5.74) is -1.90. The summed E-state index contributed by atoms with van der Waals surface area (Å²) >= 11 is 0. The van der Waals surface area contributed by atoms with Gasteiger partial charge in [-0.3, -0.25) is 0 Å². The van der Waals surface area contributed by atoms with Crippen molar-refractivity contribution in [2.45, 2.75) is 26.4 Å². The van der Waals surface area contributed by atoms with Gasteiger partial charge in [0.25, 0.3) is 5.66 Å². The molecule has 0 spiro atoms. The van der Waals surface area contributed by atoms with Crippen LogP contribution in [0.1, 0.15) is 25.0 Å². The molecule has 74 valence electrons. The van der Waals surface area contributed by atoms with E-state index in [-0.39, 0.29) is 5.56 Å². The van der Waals surface area contributed by atoms with Crippen molar-refractivity contribution in [2.75, 3.05) is 0 Å². The fourth-order valence-corrected chi connectivity index (χ4v) is 1.03. The van der Waals surface area contributed by atoms with Crippen LogP contribution < -0.4 is 0 Å². The molecule has 1 atom stereocenters. The average molecular weight is 204 g/mol. The third-order valence-electron chi connectivity index (χ3n) is 1.40. The standard InChI is InChI=1S/C8H9F2P.C2H6/c1-6-3-2-4-7(5-6)8(9,10)11;1-2/h2-5H,11H2,1H3;1-2H3. The van der Waals surface area contributed by atoms with Crippen LogP contribution in [0.5, 0.6) is 0 Å². The predicted octanol–water partition coefficient (Wildman–Crippen LogP) is 3.95. The molecule has 1 aromatic carbocycles. The highest BCUT2D eigenvalue weighted by Gasteiger charge is 2.23. The molecule has 1 aromatic rings. The Labute approximate surface area is 80.6 Å². The molecule has 0 aliphatic heterocycles. The van der Waals surface area contributed by atoms with E-state index in [1.165, 1.54) is 21.4 Å². The van der Waals surface area contributed by atoms with Gasteiger partial charge in [-0.1, -0.05) is 46.8 Å². The summed E-state index contributed by atoms with van der Waals surface area (Å²) in [6.45, 7) is 5.79. The normalized spacial score (nSPS) is 10.3. The Morgan fingerprint density at radius 2 is 1.77 bits per heavy atom. The highest BCUT2D eigenvalue weighted by Crippen LogP contribution is 2.34. The smallest absolute Gasteiger partial charge is 0.197 e. The van der Waals surface area contributed by atoms with Gasteiger partial charge in [0.05, 0.1) is 0 Å². The van der Waals surface area contributed by atoms with E-state index in [2.05, 4.69) is 0 Å². The fourth-order valence-electron chi connectivity index (χ4n) is 0.852. The zero-order chi connectivity index (χ0) is 10.5. The number of aryl methyl sites for hydroxylation is 1. The summed E-state index contributed by atoms with van der Waals surface area (Å²) in [4.78, 5) is 0. The van der Waals surface area contributed by atoms with Crippen LogP contribution in [0.15, 0.2) is 24.3 Å². The van der Waals surface area contributed by atoms with Crippen molar-refractivity contribution < 1.29 is 8.78 Å². The predicted molar refractivity (Wildman–Crippen MR) is 56.1 cm³/mol. The largest absolute Gasteiger partial charge is 0.283 e. The van der Waals surface area contributed by atoms with Crippen molar-refractivity contribution in [3.05, 3.63) is 35.4 Å². The molecule has 1 unspecified atom stereocenters. The van der Waals surface area contributed by atoms with Crippen molar-refractivity contribution in [1.29, 1.82) is 0 Å². The third-order valence-corrected chi connectivity index (χ3v) is 1.74. The lowest BCUT2D eigenvalue weighted by atomic mass is 10.1. The lowest BCUT2D eigenvalue weighted by molar-refractivity contribution is 0.104. The molecule has 13 heavy (non-hydrogen) atoms. The molecule has 0 saturated heterocycles. The number of alkyl halides is 2. The van der Waals surface area contributed by atoms with E-state index in [4.69, 9.17) is 0 Å². The molecule has 0 saturated carbocycles. The number of rotatable bonds is 1. The van der Waals surface area contributed by atoms with Gasteiger partial charge in [-0.2, -0.15) is 8.78 Å². The van der Waals surface area contributed by atoms with Crippen LogP contribution in [0, 0.1) is 6.92 Å². The summed E-state index contributed by atoms with van der Waals surface area (Å²) in [5.74, 6) is 0. The van der Waals surface area contributed by atoms with Gasteiger partial charge >= 0.3 is 0 Å². The van der Waals surface area contributed by atoms with Crippen LogP contribution in [-0.4, -0.2) is 0 Å². The van der Waals surface area contributed by atoms with Crippen molar-refractivity contribution in [3.8, 4) is 0 Å². The molecule has 0 radical (unpaired) electrons. The molecule has 0 aliphatic rings. The molecule has 0 fully saturated rings. The molecule has 0 heterocycles. The number of hydrogen-bond acceptors (Lipinski definition) is 0. The Kier molecular flexibility index (Phi) is 5.09. The van der Waals surface area contributed by atoms with Crippen LogP contribution in [0.25, 0.3) is 0 Å². The van der Waals surface area contributed by atoms with E-state index in [0.717, 1.165) is 5.56 Å². The van der Waals surface area contributed by atoms with Crippen molar-refractivity contribution in [2.24, 2.45) is 0 Å². The molecular formula is C10H15F2P. The molecule has 0 aromatic heterocycles. The minimum absolute atomic E-state index is 0.0440. The van der Waals surface area contributed by atoms with Crippen molar-refractivity contribution >= 4 is 9.24 Å². The summed E-state index contributed by atoms with van der Waals surface area (Å²) in [7, 11) is 1.52. The van der Waals surface area contributed by atoms with Gasteiger partial charge in [0.2, 0.25) is 0 Å². The van der Waals surface area contributed by atoms with Gasteiger partial charge in [0.15, 0.2) is 0 Å². The Morgan fingerprint density at radius 3 is 2.08 bits per heavy atom. The second-order valence-corrected chi connectivity index (χ2v) is 3.22. The molecule has 0 amide bonds. The molecule has 0 nitrogen and oxygen atoms in total. The molecule has 0 aliphatic carbocycles. The van der Waals surface area contributed by atoms with E-state index in [1.807, 2.05) is 13.8 Å². The SMILES string of the molecule is CC.Cc1cccc(C(F)(F)P)c1. The highest BCUT2D eigenvalue weighted by atomic mass is 31.0. The number of benzene rings is 1. The maximum absolute atomic E-state index is 12.6. The Bertz CT molecular complexity index is 253. The van der Waals surface area contributed by atoms with Gasteiger partial charge in [0.1, 0.15) is 0 Å². The van der Waals surface area contributed by atoms with E-state index in [9.17, 15) is 8.78 Å². The minimum atomic E-state index is -2.80. The first-order valence-electron chi connectivity index (χ1n) is 4.24. The maximum atomic E-state index is 12.6. The van der Waals surface area contributed by atoms with Crippen LogP contribution >= 0.6 is 9.24 Å². The van der Waals surface area contributed by atoms with Crippen LogP contribution in [0.3, 0.4) is 0 Å². The van der Waals surface area contributed by atoms with Crippen LogP contribution in [-0.2, 0) is 5.66 Å². The summed E-state index contributed by atoms with van der Waals surface area (Å²) in [6.07, 6.45) is 0. The first-order chi connectivity index (χ1) is 6.00. The van der Waals surface area contributed by atoms with Crippen molar-refractivity contribution in [3.63, 3.8) is 0 Å². The Balaban J connectivity index is 0.000000671. The Morgan fingerprint density at radius 1 is 1.23 bits per heavy atom. The van der Waals surface area contributed by atoms with Gasteiger partial charge in [-0.05, 0) is 13.0 Å². The second-order valence-electron chi connectivity index (χ2n) is 2.49. The van der Waals surface area contributed by atoms with Gasteiger partial charge < -0.3 is 0 Å². The third kappa shape index (κ3) is 4.33. The van der Waals surface area contributed by atoms with E-state index in [0.29, 0.717) is 0 Å². The first kappa shape index (κ1) is 12.5. The molecule has 3 heteroatoms. The summed E-state index contributed by atoms with van der Waals surface area (Å²) < 4.78 is 25.2. The quantitative estimate of drug-likeness (QED) is 0.607. The second kappa shape index (κ2) is 5.29. The van der Waals surface area contributed by atoms with Crippen LogP contribution in [0.4, 0.5) is 8.78 Å². The monoisotopic (exact) mass is 204 g/mol.